The number of benzene rings is 4. The van der Waals surface area contributed by atoms with Crippen LogP contribution in [-0.4, -0.2) is 14.1 Å². The molecule has 6 heteroatoms. The number of aromatic nitrogens is 2. The van der Waals surface area contributed by atoms with Crippen molar-refractivity contribution in [2.75, 3.05) is 23.9 Å². The second-order valence-corrected chi connectivity index (χ2v) is 10.6. The topological polar surface area (TPSA) is 14.2 Å². The highest BCUT2D eigenvalue weighted by atomic mass is 79.9. The molecule has 214 valence electrons. The summed E-state index contributed by atoms with van der Waals surface area (Å²) in [4.78, 5) is 4.43. The molecule has 1 aliphatic carbocycles. The number of para-hydroxylation sites is 2. The first kappa shape index (κ1) is 30.2. The molecule has 4 bridgehead atoms. The molecular formula is C37H32Br2N4. The minimum atomic E-state index is -0.615. The summed E-state index contributed by atoms with van der Waals surface area (Å²) in [7, 11) is 4.22. The molecule has 0 atom stereocenters. The molecule has 4 nitrogen and oxygen atoms in total. The van der Waals surface area contributed by atoms with E-state index in [1.54, 1.807) is 0 Å². The van der Waals surface area contributed by atoms with E-state index < -0.39 is 5.66 Å². The van der Waals surface area contributed by atoms with Crippen molar-refractivity contribution in [3.63, 3.8) is 0 Å². The van der Waals surface area contributed by atoms with Gasteiger partial charge in [0.25, 0.3) is 0 Å². The van der Waals surface area contributed by atoms with Crippen LogP contribution in [0.25, 0.3) is 11.1 Å². The van der Waals surface area contributed by atoms with Crippen LogP contribution in [0.5, 0.6) is 0 Å². The highest BCUT2D eigenvalue weighted by Crippen LogP contribution is 2.36. The molecule has 0 spiro atoms. The van der Waals surface area contributed by atoms with E-state index in [4.69, 9.17) is 0 Å². The fourth-order valence-electron chi connectivity index (χ4n) is 6.04. The number of nitrogens with zero attached hydrogens (tertiary/aromatic N) is 4. The molecule has 0 unspecified atom stereocenters. The Balaban J connectivity index is 0.00000184. The highest BCUT2D eigenvalue weighted by molar-refractivity contribution is 5.68. The highest BCUT2D eigenvalue weighted by Gasteiger charge is 2.54. The van der Waals surface area contributed by atoms with Crippen molar-refractivity contribution in [3.8, 4) is 11.1 Å². The number of halogens is 2. The van der Waals surface area contributed by atoms with Crippen LogP contribution in [0, 0.1) is 0 Å². The van der Waals surface area contributed by atoms with E-state index >= 15 is 0 Å². The third-order valence-electron chi connectivity index (χ3n) is 8.30. The number of hydrogen-bond acceptors (Lipinski definition) is 2. The molecule has 0 aliphatic heterocycles. The molecule has 0 saturated heterocycles. The normalized spacial score (nSPS) is 12.2. The molecule has 0 radical (unpaired) electrons. The van der Waals surface area contributed by atoms with Gasteiger partial charge in [-0.2, -0.15) is 0 Å². The van der Waals surface area contributed by atoms with Crippen molar-refractivity contribution in [1.29, 1.82) is 0 Å². The van der Waals surface area contributed by atoms with E-state index in [1.165, 1.54) is 22.3 Å². The van der Waals surface area contributed by atoms with Gasteiger partial charge >= 0.3 is 5.66 Å². The van der Waals surface area contributed by atoms with E-state index in [1.807, 2.05) is 0 Å². The quantitative estimate of drug-likeness (QED) is 0.243. The fraction of sp³-hybridized carbons (Fsp3) is 0.0811. The average Bonchev–Trinajstić information content (AvgIpc) is 3.11. The van der Waals surface area contributed by atoms with Gasteiger partial charge in [-0.05, 0) is 59.7 Å². The van der Waals surface area contributed by atoms with Gasteiger partial charge in [-0.25, -0.2) is 0 Å². The zero-order valence-electron chi connectivity index (χ0n) is 24.1. The van der Waals surface area contributed by atoms with E-state index in [0.29, 0.717) is 0 Å². The molecular weight excluding hydrogens is 660 g/mol. The molecule has 0 N–H and O–H groups in total. The Labute approximate surface area is 274 Å². The zero-order chi connectivity index (χ0) is 27.8. The van der Waals surface area contributed by atoms with Crippen LogP contribution >= 0.6 is 0 Å². The Kier molecular flexibility index (Phi) is 8.81. The number of fused-ring (bicyclic) bond motifs is 5. The lowest BCUT2D eigenvalue weighted by Gasteiger charge is -2.25. The van der Waals surface area contributed by atoms with Crippen molar-refractivity contribution in [2.45, 2.75) is 5.66 Å². The Morgan fingerprint density at radius 2 is 0.767 bits per heavy atom. The molecule has 0 amide bonds. The first-order valence-electron chi connectivity index (χ1n) is 14.0. The van der Waals surface area contributed by atoms with Crippen molar-refractivity contribution in [3.05, 3.63) is 169 Å². The van der Waals surface area contributed by atoms with Crippen LogP contribution in [0.3, 0.4) is 0 Å². The Bertz CT molecular complexity index is 1670. The molecule has 2 heterocycles. The Morgan fingerprint density at radius 1 is 0.419 bits per heavy atom. The maximum atomic E-state index is 2.33. The molecule has 7 rings (SSSR count). The van der Waals surface area contributed by atoms with Gasteiger partial charge in [-0.15, -0.1) is 9.13 Å². The number of anilines is 4. The van der Waals surface area contributed by atoms with Gasteiger partial charge in [0.2, 0.25) is 0 Å². The number of rotatable bonds is 6. The summed E-state index contributed by atoms with van der Waals surface area (Å²) in [6, 6.07) is 47.6. The lowest BCUT2D eigenvalue weighted by Crippen LogP contribution is -3.00. The Morgan fingerprint density at radius 3 is 1.14 bits per heavy atom. The van der Waals surface area contributed by atoms with Crippen LogP contribution in [0.2, 0.25) is 0 Å². The Hall–Kier alpha value is -4.26. The second kappa shape index (κ2) is 12.5. The lowest BCUT2D eigenvalue weighted by molar-refractivity contribution is -0.971. The minimum absolute atomic E-state index is 0. The van der Waals surface area contributed by atoms with Crippen LogP contribution in [0.15, 0.2) is 158 Å². The van der Waals surface area contributed by atoms with E-state index in [2.05, 4.69) is 191 Å². The van der Waals surface area contributed by atoms with Crippen molar-refractivity contribution < 1.29 is 43.1 Å². The summed E-state index contributed by atoms with van der Waals surface area (Å²) in [5.74, 6) is 0. The number of hydrogen-bond donors (Lipinski definition) is 0. The lowest BCUT2D eigenvalue weighted by atomic mass is 9.91. The molecule has 2 aromatic heterocycles. The van der Waals surface area contributed by atoms with E-state index in [9.17, 15) is 0 Å². The summed E-state index contributed by atoms with van der Waals surface area (Å²) in [5, 5.41) is 0. The largest absolute Gasteiger partial charge is 1.00 e. The predicted molar refractivity (Wildman–Crippen MR) is 166 cm³/mol. The maximum absolute atomic E-state index is 2.33. The van der Waals surface area contributed by atoms with Crippen molar-refractivity contribution in [1.82, 2.24) is 0 Å². The van der Waals surface area contributed by atoms with E-state index in [-0.39, 0.29) is 34.0 Å². The van der Waals surface area contributed by atoms with Crippen LogP contribution in [0.4, 0.5) is 22.7 Å². The third kappa shape index (κ3) is 5.26. The molecule has 0 saturated carbocycles. The van der Waals surface area contributed by atoms with Crippen molar-refractivity contribution in [2.24, 2.45) is 0 Å². The van der Waals surface area contributed by atoms with Crippen LogP contribution < -0.4 is 52.9 Å². The minimum Gasteiger partial charge on any atom is -1.00 e. The van der Waals surface area contributed by atoms with Gasteiger partial charge in [0, 0.05) is 49.7 Å². The van der Waals surface area contributed by atoms with Gasteiger partial charge in [0.1, 0.15) is 11.1 Å². The summed E-state index contributed by atoms with van der Waals surface area (Å²) in [6.07, 6.45) is 8.82. The molecule has 43 heavy (non-hydrogen) atoms. The van der Waals surface area contributed by atoms with Crippen molar-refractivity contribution >= 4 is 22.7 Å². The monoisotopic (exact) mass is 690 g/mol. The standard InChI is InChI=1S/C37H32N4.2BrH/c1-38(33-15-5-3-6-16-33)35-19-23-40(24-20-35)37(31-13-9-11-29(27-31)30-12-10-14-32(37)28-30)41-25-21-36(22-26-41)39(2)34-17-7-4-8-18-34;;/h3-28H,1-2H3;2*1H/q+2;;/p-2. The smallest absolute Gasteiger partial charge is 0.414 e. The van der Waals surface area contributed by atoms with Crippen LogP contribution in [0.1, 0.15) is 11.1 Å². The van der Waals surface area contributed by atoms with Gasteiger partial charge < -0.3 is 43.8 Å². The molecule has 4 aromatic carbocycles. The summed E-state index contributed by atoms with van der Waals surface area (Å²) in [5.41, 5.74) is 8.83. The first-order valence-corrected chi connectivity index (χ1v) is 14.0. The summed E-state index contributed by atoms with van der Waals surface area (Å²) >= 11 is 0. The second-order valence-electron chi connectivity index (χ2n) is 10.6. The third-order valence-corrected chi connectivity index (χ3v) is 8.30. The maximum Gasteiger partial charge on any atom is 0.414 e. The van der Waals surface area contributed by atoms with E-state index in [0.717, 1.165) is 22.7 Å². The molecule has 6 aromatic rings. The van der Waals surface area contributed by atoms with Gasteiger partial charge in [0.05, 0.1) is 11.4 Å². The SMILES string of the molecule is CN(c1ccccc1)c1cc[n+](C2([n+]3ccc(N(C)c4ccccc4)cc3)c3cccc(c3)-c3cccc2c3)cc1.[Br-].[Br-]. The molecule has 0 fully saturated rings. The zero-order valence-corrected chi connectivity index (χ0v) is 27.2. The predicted octanol–water partition coefficient (Wildman–Crippen LogP) is 1.08. The van der Waals surface area contributed by atoms with Gasteiger partial charge in [-0.1, -0.05) is 60.7 Å². The van der Waals surface area contributed by atoms with Gasteiger partial charge in [0.15, 0.2) is 24.8 Å². The summed E-state index contributed by atoms with van der Waals surface area (Å²) in [6.45, 7) is 0. The summed E-state index contributed by atoms with van der Waals surface area (Å²) < 4.78 is 4.67. The first-order chi connectivity index (χ1) is 20.1. The fourth-order valence-corrected chi connectivity index (χ4v) is 6.04. The van der Waals surface area contributed by atoms with Gasteiger partial charge in [-0.3, -0.25) is 0 Å². The average molecular weight is 692 g/mol. The number of pyridine rings is 2. The van der Waals surface area contributed by atoms with Crippen LogP contribution in [-0.2, 0) is 5.66 Å². The molecule has 1 aliphatic rings.